The molecular formula is C9H18O2. The highest BCUT2D eigenvalue weighted by molar-refractivity contribution is 5.75. The third-order valence-corrected chi connectivity index (χ3v) is 1.21. The van der Waals surface area contributed by atoms with E-state index in [0.29, 0.717) is 6.42 Å². The average Bonchev–Trinajstić information content (AvgIpc) is 1.88. The first-order valence-corrected chi connectivity index (χ1v) is 3.70. The normalized spacial score (nSPS) is 11.0. The maximum absolute atomic E-state index is 10.5. The van der Waals surface area contributed by atoms with Crippen LogP contribution >= 0.6 is 0 Å². The fourth-order valence-corrected chi connectivity index (χ4v) is 0.691. The molecule has 11 heavy (non-hydrogen) atoms. The number of hydrogen-bond acceptors (Lipinski definition) is 2. The summed E-state index contributed by atoms with van der Waals surface area (Å²) in [5.74, 6) is -0.139. The molecule has 0 atom stereocenters. The van der Waals surface area contributed by atoms with Gasteiger partial charge in [-0.25, -0.2) is 0 Å². The Morgan fingerprint density at radius 1 is 1.55 bits per heavy atom. The minimum Gasteiger partial charge on any atom is -0.307 e. The molecule has 0 heterocycles. The van der Waals surface area contributed by atoms with Gasteiger partial charge in [-0.2, -0.15) is 0 Å². The van der Waals surface area contributed by atoms with Crippen molar-refractivity contribution in [2.75, 3.05) is 0 Å². The number of Topliss-reactive ketones (excluding diaryl/α,β-unsaturated/α-hetero) is 1. The van der Waals surface area contributed by atoms with Gasteiger partial charge in [0, 0.05) is 7.79 Å². The van der Waals surface area contributed by atoms with Crippen molar-refractivity contribution in [3.05, 3.63) is 0 Å². The van der Waals surface area contributed by atoms with E-state index in [1.807, 2.05) is 20.6 Å². The van der Waals surface area contributed by atoms with Gasteiger partial charge in [-0.15, -0.1) is 0 Å². The van der Waals surface area contributed by atoms with Gasteiger partial charge >= 0.3 is 0 Å². The van der Waals surface area contributed by atoms with Crippen molar-refractivity contribution in [1.29, 1.82) is 0 Å². The van der Waals surface area contributed by atoms with Crippen LogP contribution in [0.25, 0.3) is 0 Å². The predicted octanol–water partition coefficient (Wildman–Crippen LogP) is 2.22. The van der Waals surface area contributed by atoms with E-state index in [2.05, 4.69) is 0 Å². The van der Waals surface area contributed by atoms with Gasteiger partial charge in [-0.1, -0.05) is 20.3 Å². The molecule has 0 amide bonds. The van der Waals surface area contributed by atoms with E-state index in [4.69, 9.17) is 6.17 Å². The van der Waals surface area contributed by atoms with E-state index in [-0.39, 0.29) is 11.7 Å². The Morgan fingerprint density at radius 3 is 2.27 bits per heavy atom. The molecule has 2 heteroatoms. The van der Waals surface area contributed by atoms with Crippen molar-refractivity contribution < 1.29 is 11.0 Å². The van der Waals surface area contributed by atoms with Crippen molar-refractivity contribution in [2.24, 2.45) is 5.89 Å². The van der Waals surface area contributed by atoms with Gasteiger partial charge in [-0.3, -0.25) is 0 Å². The quantitative estimate of drug-likeness (QED) is 0.630. The average molecular weight is 159 g/mol. The SMILES string of the molecule is C=O.[2H]C(C)(C)CCCC(C)=O. The molecule has 0 unspecified atom stereocenters. The van der Waals surface area contributed by atoms with E-state index in [0.717, 1.165) is 12.8 Å². The van der Waals surface area contributed by atoms with Crippen LogP contribution in [0.2, 0.25) is 0 Å². The smallest absolute Gasteiger partial charge is 0.129 e. The second-order valence-corrected chi connectivity index (χ2v) is 2.76. The first-order chi connectivity index (χ1) is 5.42. The minimum atomic E-state index is -0.366. The number of carbonyl (C=O) groups is 2. The Bertz CT molecular complexity index is 127. The largest absolute Gasteiger partial charge is 0.307 e. The molecule has 0 aliphatic heterocycles. The number of ketones is 1. The monoisotopic (exact) mass is 159 g/mol. The van der Waals surface area contributed by atoms with Gasteiger partial charge in [0.2, 0.25) is 0 Å². The van der Waals surface area contributed by atoms with E-state index < -0.39 is 0 Å². The molecule has 0 bridgehead atoms. The van der Waals surface area contributed by atoms with Crippen molar-refractivity contribution in [1.82, 2.24) is 0 Å². The van der Waals surface area contributed by atoms with E-state index in [9.17, 15) is 4.79 Å². The summed E-state index contributed by atoms with van der Waals surface area (Å²) in [4.78, 5) is 18.5. The zero-order chi connectivity index (χ0) is 10.2. The van der Waals surface area contributed by atoms with Crippen molar-refractivity contribution >= 4 is 12.6 Å². The van der Waals surface area contributed by atoms with Crippen molar-refractivity contribution in [2.45, 2.75) is 40.0 Å². The summed E-state index contributed by atoms with van der Waals surface area (Å²) in [5.41, 5.74) is 0. The third kappa shape index (κ3) is 17.6. The molecule has 66 valence electrons. The Morgan fingerprint density at radius 2 is 2.00 bits per heavy atom. The van der Waals surface area contributed by atoms with Gasteiger partial charge in [0.1, 0.15) is 12.6 Å². The summed E-state index contributed by atoms with van der Waals surface area (Å²) in [7, 11) is 0. The van der Waals surface area contributed by atoms with E-state index in [1.54, 1.807) is 6.92 Å². The first-order valence-electron chi connectivity index (χ1n) is 4.20. The fraction of sp³-hybridized carbons (Fsp3) is 0.778. The van der Waals surface area contributed by atoms with Crippen LogP contribution in [-0.4, -0.2) is 12.6 Å². The molecule has 0 N–H and O–H groups in total. The van der Waals surface area contributed by atoms with Crippen LogP contribution < -0.4 is 0 Å². The summed E-state index contributed by atoms with van der Waals surface area (Å²) in [5, 5.41) is 0. The van der Waals surface area contributed by atoms with Crippen LogP contribution in [0.3, 0.4) is 0 Å². The zero-order valence-corrected chi connectivity index (χ0v) is 7.64. The second-order valence-electron chi connectivity index (χ2n) is 2.76. The Kier molecular flexibility index (Phi) is 8.78. The van der Waals surface area contributed by atoms with E-state index in [1.165, 1.54) is 0 Å². The lowest BCUT2D eigenvalue weighted by atomic mass is 10.1. The number of rotatable bonds is 4. The molecule has 0 rings (SSSR count). The summed E-state index contributed by atoms with van der Waals surface area (Å²) in [6.07, 6.45) is 2.29. The molecule has 0 spiro atoms. The lowest BCUT2D eigenvalue weighted by Crippen LogP contribution is -1.92. The maximum Gasteiger partial charge on any atom is 0.129 e. The molecule has 0 aromatic heterocycles. The fourth-order valence-electron chi connectivity index (χ4n) is 0.691. The first kappa shape index (κ1) is 10.3. The van der Waals surface area contributed by atoms with Crippen LogP contribution in [-0.2, 0) is 9.59 Å². The molecule has 2 nitrogen and oxygen atoms in total. The zero-order valence-electron chi connectivity index (χ0n) is 8.64. The van der Waals surface area contributed by atoms with E-state index >= 15 is 0 Å². The number of carbonyl (C=O) groups excluding carboxylic acids is 2. The predicted molar refractivity (Wildman–Crippen MR) is 46.5 cm³/mol. The lowest BCUT2D eigenvalue weighted by molar-refractivity contribution is -0.117. The van der Waals surface area contributed by atoms with Crippen LogP contribution in [0.4, 0.5) is 0 Å². The van der Waals surface area contributed by atoms with Crippen LogP contribution in [0.5, 0.6) is 0 Å². The molecule has 0 saturated carbocycles. The molecular weight excluding hydrogens is 140 g/mol. The van der Waals surface area contributed by atoms with Gasteiger partial charge in [0.05, 0.1) is 0 Å². The third-order valence-electron chi connectivity index (χ3n) is 1.21. The highest BCUT2D eigenvalue weighted by Crippen LogP contribution is 2.05. The second kappa shape index (κ2) is 9.34. The van der Waals surface area contributed by atoms with Crippen LogP contribution in [0.15, 0.2) is 0 Å². The van der Waals surface area contributed by atoms with Gasteiger partial charge in [0.25, 0.3) is 0 Å². The Hall–Kier alpha value is -0.660. The molecule has 0 aliphatic carbocycles. The molecule has 0 aromatic carbocycles. The maximum atomic E-state index is 10.5. The molecule has 0 radical (unpaired) electrons. The topological polar surface area (TPSA) is 34.1 Å². The van der Waals surface area contributed by atoms with Gasteiger partial charge < -0.3 is 9.59 Å². The Balaban J connectivity index is 0. The summed E-state index contributed by atoms with van der Waals surface area (Å²) in [6.45, 7) is 7.33. The Labute approximate surface area is 70.4 Å². The summed E-state index contributed by atoms with van der Waals surface area (Å²) < 4.78 is 7.46. The standard InChI is InChI=1S/C8H16O.CH2O/c1-7(2)5-4-6-8(3)9;1-2/h7H,4-6H2,1-3H3;1H2/i7D;. The van der Waals surface area contributed by atoms with Gasteiger partial charge in [-0.05, 0) is 19.2 Å². The van der Waals surface area contributed by atoms with Crippen molar-refractivity contribution in [3.8, 4) is 0 Å². The summed E-state index contributed by atoms with van der Waals surface area (Å²) >= 11 is 0. The summed E-state index contributed by atoms with van der Waals surface area (Å²) in [6, 6.07) is 0. The highest BCUT2D eigenvalue weighted by Gasteiger charge is 1.95. The highest BCUT2D eigenvalue weighted by atomic mass is 16.1. The van der Waals surface area contributed by atoms with Crippen LogP contribution in [0, 0.1) is 5.89 Å². The number of hydrogen-bond donors (Lipinski definition) is 0. The molecule has 0 aliphatic rings. The van der Waals surface area contributed by atoms with Crippen molar-refractivity contribution in [3.63, 3.8) is 0 Å². The minimum absolute atomic E-state index is 0.226. The molecule has 0 saturated heterocycles. The van der Waals surface area contributed by atoms with Gasteiger partial charge in [0.15, 0.2) is 0 Å². The van der Waals surface area contributed by atoms with Crippen LogP contribution in [0.1, 0.15) is 41.4 Å². The molecule has 0 fully saturated rings. The lowest BCUT2D eigenvalue weighted by Gasteiger charge is -2.00. The molecule has 0 aromatic rings.